The summed E-state index contributed by atoms with van der Waals surface area (Å²) in [6.07, 6.45) is 0.897. The van der Waals surface area contributed by atoms with Gasteiger partial charge >= 0.3 is 0 Å². The van der Waals surface area contributed by atoms with Crippen molar-refractivity contribution >= 4 is 15.9 Å². The first-order valence-corrected chi connectivity index (χ1v) is 9.85. The molecule has 1 saturated heterocycles. The van der Waals surface area contributed by atoms with E-state index in [1.165, 1.54) is 4.31 Å². The van der Waals surface area contributed by atoms with Crippen LogP contribution in [-0.4, -0.2) is 62.3 Å². The monoisotopic (exact) mass is 353 g/mol. The predicted molar refractivity (Wildman–Crippen MR) is 94.3 cm³/mol. The molecule has 2 rings (SSSR count). The van der Waals surface area contributed by atoms with Crippen LogP contribution < -0.4 is 5.32 Å². The number of nitrogens with one attached hydrogen (secondary N) is 1. The van der Waals surface area contributed by atoms with E-state index in [1.807, 2.05) is 37.8 Å². The van der Waals surface area contributed by atoms with Gasteiger partial charge in [-0.2, -0.15) is 4.31 Å². The van der Waals surface area contributed by atoms with Gasteiger partial charge in [0.2, 0.25) is 15.9 Å². The van der Waals surface area contributed by atoms with Crippen LogP contribution in [-0.2, 0) is 14.8 Å². The molecule has 1 aromatic carbocycles. The number of sulfonamides is 1. The Morgan fingerprint density at radius 1 is 1.17 bits per heavy atom. The number of amides is 1. The van der Waals surface area contributed by atoms with E-state index in [0.29, 0.717) is 37.6 Å². The minimum atomic E-state index is -3.45. The van der Waals surface area contributed by atoms with Crippen LogP contribution in [0, 0.1) is 6.92 Å². The molecule has 0 saturated carbocycles. The van der Waals surface area contributed by atoms with Crippen LogP contribution >= 0.6 is 0 Å². The Kier molecular flexibility index (Phi) is 6.37. The average molecular weight is 353 g/mol. The van der Waals surface area contributed by atoms with E-state index in [-0.39, 0.29) is 11.9 Å². The molecule has 1 aliphatic rings. The fourth-order valence-electron chi connectivity index (χ4n) is 2.61. The molecule has 1 N–H and O–H groups in total. The molecule has 134 valence electrons. The maximum atomic E-state index is 12.6. The Hall–Kier alpha value is -1.44. The van der Waals surface area contributed by atoms with Crippen LogP contribution in [0.2, 0.25) is 0 Å². The smallest absolute Gasteiger partial charge is 0.243 e. The number of carbonyl (C=O) groups is 1. The van der Waals surface area contributed by atoms with E-state index in [4.69, 9.17) is 0 Å². The topological polar surface area (TPSA) is 69.7 Å². The number of rotatable bonds is 6. The Morgan fingerprint density at radius 2 is 1.75 bits per heavy atom. The van der Waals surface area contributed by atoms with Gasteiger partial charge in [-0.15, -0.1) is 0 Å². The molecule has 1 aliphatic heterocycles. The second kappa shape index (κ2) is 8.09. The third-order valence-electron chi connectivity index (χ3n) is 4.38. The summed E-state index contributed by atoms with van der Waals surface area (Å²) in [6, 6.07) is 7.08. The van der Waals surface area contributed by atoms with Crippen LogP contribution in [0.15, 0.2) is 29.2 Å². The van der Waals surface area contributed by atoms with Crippen molar-refractivity contribution < 1.29 is 13.2 Å². The van der Waals surface area contributed by atoms with Gasteiger partial charge in [0.15, 0.2) is 0 Å². The fourth-order valence-corrected chi connectivity index (χ4v) is 4.04. The van der Waals surface area contributed by atoms with Crippen molar-refractivity contribution in [3.63, 3.8) is 0 Å². The molecule has 7 heteroatoms. The molecule has 0 bridgehead atoms. The van der Waals surface area contributed by atoms with Crippen molar-refractivity contribution in [1.29, 1.82) is 0 Å². The van der Waals surface area contributed by atoms with E-state index in [1.54, 1.807) is 12.1 Å². The van der Waals surface area contributed by atoms with E-state index in [2.05, 4.69) is 5.32 Å². The zero-order valence-electron chi connectivity index (χ0n) is 14.7. The summed E-state index contributed by atoms with van der Waals surface area (Å²) in [5.74, 6) is -0.000748. The summed E-state index contributed by atoms with van der Waals surface area (Å²) in [4.78, 5) is 14.3. The van der Waals surface area contributed by atoms with Crippen LogP contribution in [0.1, 0.15) is 25.8 Å². The summed E-state index contributed by atoms with van der Waals surface area (Å²) in [5.41, 5.74) is 1.03. The third-order valence-corrected chi connectivity index (χ3v) is 6.29. The molecule has 1 heterocycles. The maximum absolute atomic E-state index is 12.6. The largest absolute Gasteiger partial charge is 0.353 e. The summed E-state index contributed by atoms with van der Waals surface area (Å²) in [7, 11) is -3.45. The summed E-state index contributed by atoms with van der Waals surface area (Å²) >= 11 is 0. The van der Waals surface area contributed by atoms with Crippen LogP contribution in [0.3, 0.4) is 0 Å². The van der Waals surface area contributed by atoms with Crippen molar-refractivity contribution in [2.45, 2.75) is 38.1 Å². The first-order chi connectivity index (χ1) is 11.3. The number of aryl methyl sites for hydroxylation is 1. The molecule has 1 aromatic rings. The highest BCUT2D eigenvalue weighted by molar-refractivity contribution is 7.89. The minimum absolute atomic E-state index is 0.000748. The lowest BCUT2D eigenvalue weighted by Gasteiger charge is -2.33. The van der Waals surface area contributed by atoms with Gasteiger partial charge in [0.05, 0.1) is 11.4 Å². The predicted octanol–water partition coefficient (Wildman–Crippen LogP) is 1.22. The van der Waals surface area contributed by atoms with Gasteiger partial charge in [-0.1, -0.05) is 24.6 Å². The van der Waals surface area contributed by atoms with Crippen molar-refractivity contribution in [1.82, 2.24) is 14.5 Å². The standard InChI is InChI=1S/C17H27N3O3S/c1-4-15(3)18-17(21)13-19-9-11-20(12-10-19)24(22,23)16-7-5-14(2)6-8-16/h5-8,15H,4,9-13H2,1-3H3,(H,18,21). The molecule has 1 fully saturated rings. The molecule has 6 nitrogen and oxygen atoms in total. The van der Waals surface area contributed by atoms with Crippen molar-refractivity contribution in [2.75, 3.05) is 32.7 Å². The Morgan fingerprint density at radius 3 is 2.29 bits per heavy atom. The summed E-state index contributed by atoms with van der Waals surface area (Å²) < 4.78 is 26.8. The molecule has 0 radical (unpaired) electrons. The lowest BCUT2D eigenvalue weighted by molar-refractivity contribution is -0.123. The van der Waals surface area contributed by atoms with Gasteiger partial charge in [-0.3, -0.25) is 9.69 Å². The van der Waals surface area contributed by atoms with Crippen molar-refractivity contribution in [3.8, 4) is 0 Å². The molecule has 1 atom stereocenters. The molecule has 1 unspecified atom stereocenters. The SMILES string of the molecule is CCC(C)NC(=O)CN1CCN(S(=O)(=O)c2ccc(C)cc2)CC1. The quantitative estimate of drug-likeness (QED) is 0.835. The molecule has 1 amide bonds. The zero-order valence-corrected chi connectivity index (χ0v) is 15.5. The highest BCUT2D eigenvalue weighted by Gasteiger charge is 2.29. The van der Waals surface area contributed by atoms with Crippen LogP contribution in [0.4, 0.5) is 0 Å². The Balaban J connectivity index is 1.90. The highest BCUT2D eigenvalue weighted by Crippen LogP contribution is 2.18. The van der Waals surface area contributed by atoms with Gasteiger partial charge in [0.1, 0.15) is 0 Å². The van der Waals surface area contributed by atoms with Gasteiger partial charge in [0.25, 0.3) is 0 Å². The second-order valence-electron chi connectivity index (χ2n) is 6.37. The van der Waals surface area contributed by atoms with E-state index < -0.39 is 10.0 Å². The first-order valence-electron chi connectivity index (χ1n) is 8.41. The number of carbonyl (C=O) groups excluding carboxylic acids is 1. The lowest BCUT2D eigenvalue weighted by atomic mass is 10.2. The Bertz CT molecular complexity index is 650. The number of nitrogens with zero attached hydrogens (tertiary/aromatic N) is 2. The first kappa shape index (κ1) is 18.9. The fraction of sp³-hybridized carbons (Fsp3) is 0.588. The lowest BCUT2D eigenvalue weighted by Crippen LogP contribution is -2.51. The summed E-state index contributed by atoms with van der Waals surface area (Å²) in [6.45, 7) is 8.21. The molecule has 24 heavy (non-hydrogen) atoms. The molecule has 0 aliphatic carbocycles. The van der Waals surface area contributed by atoms with E-state index >= 15 is 0 Å². The maximum Gasteiger partial charge on any atom is 0.243 e. The van der Waals surface area contributed by atoms with E-state index in [0.717, 1.165) is 12.0 Å². The zero-order chi connectivity index (χ0) is 17.7. The van der Waals surface area contributed by atoms with Crippen LogP contribution in [0.5, 0.6) is 0 Å². The molecular weight excluding hydrogens is 326 g/mol. The number of hydrogen-bond acceptors (Lipinski definition) is 4. The molecule has 0 spiro atoms. The second-order valence-corrected chi connectivity index (χ2v) is 8.31. The highest BCUT2D eigenvalue weighted by atomic mass is 32.2. The van der Waals surface area contributed by atoms with Gasteiger partial charge in [-0.05, 0) is 32.4 Å². The average Bonchev–Trinajstić information content (AvgIpc) is 2.55. The van der Waals surface area contributed by atoms with Crippen molar-refractivity contribution in [3.05, 3.63) is 29.8 Å². The normalized spacial score (nSPS) is 18.3. The van der Waals surface area contributed by atoms with E-state index in [9.17, 15) is 13.2 Å². The van der Waals surface area contributed by atoms with Crippen molar-refractivity contribution in [2.24, 2.45) is 0 Å². The number of piperazine rings is 1. The Labute approximate surface area is 144 Å². The molecular formula is C17H27N3O3S. The van der Waals surface area contributed by atoms with Crippen LogP contribution in [0.25, 0.3) is 0 Å². The minimum Gasteiger partial charge on any atom is -0.353 e. The van der Waals surface area contributed by atoms with Gasteiger partial charge in [-0.25, -0.2) is 8.42 Å². The summed E-state index contributed by atoms with van der Waals surface area (Å²) in [5, 5.41) is 2.94. The third kappa shape index (κ3) is 4.78. The molecule has 0 aromatic heterocycles. The van der Waals surface area contributed by atoms with Gasteiger partial charge < -0.3 is 5.32 Å². The number of benzene rings is 1. The van der Waals surface area contributed by atoms with Gasteiger partial charge in [0, 0.05) is 32.2 Å². The number of hydrogen-bond donors (Lipinski definition) is 1.